The van der Waals surface area contributed by atoms with E-state index < -0.39 is 0 Å². The molecule has 2 aromatic carbocycles. The average molecular weight is 449 g/mol. The number of nitrogens with one attached hydrogen (secondary N) is 1. The molecule has 4 rings (SSSR count). The van der Waals surface area contributed by atoms with E-state index in [9.17, 15) is 4.79 Å². The molecule has 1 atom stereocenters. The first-order chi connectivity index (χ1) is 15.6. The van der Waals surface area contributed by atoms with Gasteiger partial charge in [-0.3, -0.25) is 9.69 Å². The van der Waals surface area contributed by atoms with Crippen LogP contribution in [0.3, 0.4) is 0 Å². The number of amides is 1. The molecule has 1 saturated heterocycles. The van der Waals surface area contributed by atoms with Crippen molar-refractivity contribution in [2.75, 3.05) is 31.6 Å². The summed E-state index contributed by atoms with van der Waals surface area (Å²) in [5.41, 5.74) is 4.45. The average Bonchev–Trinajstić information content (AvgIpc) is 3.23. The Labute approximate surface area is 195 Å². The van der Waals surface area contributed by atoms with Crippen molar-refractivity contribution < 1.29 is 9.53 Å². The third-order valence-corrected chi connectivity index (χ3v) is 7.26. The van der Waals surface area contributed by atoms with Gasteiger partial charge in [-0.15, -0.1) is 11.3 Å². The topological polar surface area (TPSA) is 41.6 Å². The van der Waals surface area contributed by atoms with Crippen molar-refractivity contribution in [1.29, 1.82) is 0 Å². The van der Waals surface area contributed by atoms with Crippen LogP contribution in [0.5, 0.6) is 0 Å². The molecule has 0 aliphatic carbocycles. The quantitative estimate of drug-likeness (QED) is 0.474. The Kier molecular flexibility index (Phi) is 7.40. The zero-order valence-corrected chi connectivity index (χ0v) is 20.0. The molecule has 0 bridgehead atoms. The van der Waals surface area contributed by atoms with Gasteiger partial charge in [0.2, 0.25) is 0 Å². The summed E-state index contributed by atoms with van der Waals surface area (Å²) in [7, 11) is 0. The minimum atomic E-state index is -0.0627. The van der Waals surface area contributed by atoms with Crippen LogP contribution in [0.25, 0.3) is 0 Å². The summed E-state index contributed by atoms with van der Waals surface area (Å²) in [5.74, 6) is 0.437. The molecule has 0 saturated carbocycles. The van der Waals surface area contributed by atoms with Gasteiger partial charge < -0.3 is 10.1 Å². The molecule has 32 heavy (non-hydrogen) atoms. The first-order valence-electron chi connectivity index (χ1n) is 11.5. The lowest BCUT2D eigenvalue weighted by atomic mass is 9.94. The molecule has 1 fully saturated rings. The van der Waals surface area contributed by atoms with E-state index in [0.29, 0.717) is 11.5 Å². The van der Waals surface area contributed by atoms with Crippen molar-refractivity contribution in [2.45, 2.75) is 39.2 Å². The van der Waals surface area contributed by atoms with Gasteiger partial charge >= 0.3 is 0 Å². The number of carbonyl (C=O) groups excluding carboxylic acids is 1. The van der Waals surface area contributed by atoms with E-state index in [-0.39, 0.29) is 11.9 Å². The summed E-state index contributed by atoms with van der Waals surface area (Å²) in [6.45, 7) is 9.82. The predicted molar refractivity (Wildman–Crippen MR) is 133 cm³/mol. The molecule has 1 aliphatic rings. The highest BCUT2D eigenvalue weighted by molar-refractivity contribution is 7.16. The van der Waals surface area contributed by atoms with Crippen molar-refractivity contribution in [2.24, 2.45) is 0 Å². The fourth-order valence-corrected chi connectivity index (χ4v) is 5.21. The maximum atomic E-state index is 13.0. The molecule has 2 heterocycles. The number of hydrogen-bond donors (Lipinski definition) is 1. The second kappa shape index (κ2) is 10.4. The molecule has 1 aliphatic heterocycles. The third-order valence-electron chi connectivity index (χ3n) is 6.05. The van der Waals surface area contributed by atoms with Crippen LogP contribution in [0.4, 0.5) is 5.00 Å². The van der Waals surface area contributed by atoms with Gasteiger partial charge in [0.1, 0.15) is 5.00 Å². The predicted octanol–water partition coefficient (Wildman–Crippen LogP) is 6.11. The number of benzene rings is 2. The van der Waals surface area contributed by atoms with Crippen molar-refractivity contribution in [3.05, 3.63) is 87.8 Å². The molecule has 1 aromatic heterocycles. The van der Waals surface area contributed by atoms with Crippen molar-refractivity contribution in [3.63, 3.8) is 0 Å². The van der Waals surface area contributed by atoms with Gasteiger partial charge in [-0.05, 0) is 41.7 Å². The van der Waals surface area contributed by atoms with Crippen LogP contribution in [0.2, 0.25) is 0 Å². The van der Waals surface area contributed by atoms with Gasteiger partial charge in [-0.1, -0.05) is 63.2 Å². The molecule has 0 spiro atoms. The molecule has 0 radical (unpaired) electrons. The van der Waals surface area contributed by atoms with Crippen LogP contribution < -0.4 is 5.32 Å². The van der Waals surface area contributed by atoms with Crippen LogP contribution in [0, 0.1) is 0 Å². The SMILES string of the molecule is CCc1cc([C@H](c2ccc(C(C)C)cc2)N2CCOCC2)c(NC(=O)c2ccccc2)s1. The fraction of sp³-hybridized carbons (Fsp3) is 0.370. The number of thiophene rings is 1. The number of ether oxygens (including phenoxy) is 1. The monoisotopic (exact) mass is 448 g/mol. The molecule has 5 heteroatoms. The lowest BCUT2D eigenvalue weighted by Crippen LogP contribution is -2.39. The van der Waals surface area contributed by atoms with E-state index in [4.69, 9.17) is 4.74 Å². The largest absolute Gasteiger partial charge is 0.379 e. The molecule has 1 amide bonds. The van der Waals surface area contributed by atoms with E-state index in [0.717, 1.165) is 37.7 Å². The second-order valence-corrected chi connectivity index (χ2v) is 9.68. The minimum absolute atomic E-state index is 0.0627. The van der Waals surface area contributed by atoms with Gasteiger partial charge in [0.25, 0.3) is 5.91 Å². The van der Waals surface area contributed by atoms with E-state index >= 15 is 0 Å². The van der Waals surface area contributed by atoms with E-state index in [2.05, 4.69) is 61.3 Å². The first kappa shape index (κ1) is 22.7. The second-order valence-electron chi connectivity index (χ2n) is 8.54. The van der Waals surface area contributed by atoms with Crippen molar-refractivity contribution >= 4 is 22.2 Å². The zero-order valence-electron chi connectivity index (χ0n) is 19.1. The standard InChI is InChI=1S/C27H32N2O2S/c1-4-23-18-24(27(32-23)28-26(30)22-8-6-5-7-9-22)25(29-14-16-31-17-15-29)21-12-10-20(11-13-21)19(2)3/h5-13,18-19,25H,4,14-17H2,1-3H3,(H,28,30)/t25-/m0/s1. The van der Waals surface area contributed by atoms with Crippen molar-refractivity contribution in [3.8, 4) is 0 Å². The summed E-state index contributed by atoms with van der Waals surface area (Å²) >= 11 is 1.69. The Bertz CT molecular complexity index is 1020. The fourth-order valence-electron chi connectivity index (χ4n) is 4.18. The maximum Gasteiger partial charge on any atom is 0.256 e. The van der Waals surface area contributed by atoms with E-state index in [1.165, 1.54) is 21.6 Å². The summed E-state index contributed by atoms with van der Waals surface area (Å²) < 4.78 is 5.64. The normalized spacial score (nSPS) is 15.6. The van der Waals surface area contributed by atoms with Crippen molar-refractivity contribution in [1.82, 2.24) is 4.90 Å². The number of hydrogen-bond acceptors (Lipinski definition) is 4. The Morgan fingerprint density at radius 2 is 1.69 bits per heavy atom. The van der Waals surface area contributed by atoms with Gasteiger partial charge in [0, 0.05) is 29.1 Å². The number of carbonyl (C=O) groups is 1. The lowest BCUT2D eigenvalue weighted by molar-refractivity contribution is 0.0241. The zero-order chi connectivity index (χ0) is 22.5. The molecule has 3 aromatic rings. The molecule has 4 nitrogen and oxygen atoms in total. The Balaban J connectivity index is 1.73. The summed E-state index contributed by atoms with van der Waals surface area (Å²) in [6, 6.07) is 20.8. The van der Waals surface area contributed by atoms with Gasteiger partial charge in [0.05, 0.1) is 19.3 Å². The van der Waals surface area contributed by atoms with Gasteiger partial charge in [-0.2, -0.15) is 0 Å². The van der Waals surface area contributed by atoms with Gasteiger partial charge in [0.15, 0.2) is 0 Å². The van der Waals surface area contributed by atoms with Crippen LogP contribution in [-0.2, 0) is 11.2 Å². The lowest BCUT2D eigenvalue weighted by Gasteiger charge is -2.35. The summed E-state index contributed by atoms with van der Waals surface area (Å²) in [5, 5.41) is 4.17. The van der Waals surface area contributed by atoms with Crippen LogP contribution in [0.15, 0.2) is 60.7 Å². The van der Waals surface area contributed by atoms with Crippen LogP contribution >= 0.6 is 11.3 Å². The van der Waals surface area contributed by atoms with E-state index in [1.54, 1.807) is 11.3 Å². The van der Waals surface area contributed by atoms with Crippen LogP contribution in [-0.4, -0.2) is 37.1 Å². The smallest absolute Gasteiger partial charge is 0.256 e. The molecule has 1 N–H and O–H groups in total. The number of anilines is 1. The molecular formula is C27H32N2O2S. The molecule has 168 valence electrons. The summed E-state index contributed by atoms with van der Waals surface area (Å²) in [6.07, 6.45) is 0.945. The molecular weight excluding hydrogens is 416 g/mol. The van der Waals surface area contributed by atoms with Crippen LogP contribution in [0.1, 0.15) is 64.7 Å². The maximum absolute atomic E-state index is 13.0. The Hall–Kier alpha value is -2.47. The number of nitrogens with zero attached hydrogens (tertiary/aromatic N) is 1. The highest BCUT2D eigenvalue weighted by Gasteiger charge is 2.28. The summed E-state index contributed by atoms with van der Waals surface area (Å²) in [4.78, 5) is 16.7. The highest BCUT2D eigenvalue weighted by Crippen LogP contribution is 2.40. The third kappa shape index (κ3) is 5.12. The Morgan fingerprint density at radius 1 is 1.03 bits per heavy atom. The number of rotatable bonds is 7. The molecule has 0 unspecified atom stereocenters. The minimum Gasteiger partial charge on any atom is -0.379 e. The van der Waals surface area contributed by atoms with Gasteiger partial charge in [-0.25, -0.2) is 0 Å². The number of aryl methyl sites for hydroxylation is 1. The number of morpholine rings is 1. The highest BCUT2D eigenvalue weighted by atomic mass is 32.1. The Morgan fingerprint density at radius 3 is 2.31 bits per heavy atom. The van der Waals surface area contributed by atoms with E-state index in [1.807, 2.05) is 30.3 Å². The first-order valence-corrected chi connectivity index (χ1v) is 12.3.